The van der Waals surface area contributed by atoms with Crippen LogP contribution in [0.1, 0.15) is 34.6 Å². The Bertz CT molecular complexity index is 1150. The number of methoxy groups -OCH3 is 3. The van der Waals surface area contributed by atoms with Crippen molar-refractivity contribution in [3.63, 3.8) is 0 Å². The number of nitrogens with zero attached hydrogens (tertiary/aromatic N) is 4. The van der Waals surface area contributed by atoms with Crippen molar-refractivity contribution in [1.29, 1.82) is 5.26 Å². The number of hydrogen-bond acceptors (Lipinski definition) is 8. The average Bonchev–Trinajstić information content (AvgIpc) is 3.35. The Kier molecular flexibility index (Phi) is 8.29. The Morgan fingerprint density at radius 3 is 2.44 bits per heavy atom. The quantitative estimate of drug-likeness (QED) is 0.444. The average molecular weight is 465 g/mol. The van der Waals surface area contributed by atoms with Gasteiger partial charge in [-0.05, 0) is 29.7 Å². The Hall–Kier alpha value is -4.26. The molecule has 1 aromatic heterocycles. The van der Waals surface area contributed by atoms with E-state index < -0.39 is 11.9 Å². The predicted molar refractivity (Wildman–Crippen MR) is 126 cm³/mol. The molecular weight excluding hydrogens is 436 g/mol. The van der Waals surface area contributed by atoms with E-state index in [-0.39, 0.29) is 5.69 Å². The number of aromatic nitrogens is 3. The van der Waals surface area contributed by atoms with Crippen LogP contribution < -0.4 is 24.8 Å². The van der Waals surface area contributed by atoms with Crippen LogP contribution in [0, 0.1) is 11.3 Å². The second kappa shape index (κ2) is 11.6. The van der Waals surface area contributed by atoms with Gasteiger partial charge in [-0.3, -0.25) is 4.79 Å². The third-order valence-electron chi connectivity index (χ3n) is 5.26. The van der Waals surface area contributed by atoms with Crippen molar-refractivity contribution in [2.45, 2.75) is 25.9 Å². The second-order valence-electron chi connectivity index (χ2n) is 7.31. The van der Waals surface area contributed by atoms with Crippen LogP contribution in [0.4, 0.5) is 5.69 Å². The molecule has 178 valence electrons. The van der Waals surface area contributed by atoms with Crippen molar-refractivity contribution in [3.8, 4) is 23.3 Å². The zero-order valence-electron chi connectivity index (χ0n) is 19.7. The lowest BCUT2D eigenvalue weighted by atomic mass is 10.0. The van der Waals surface area contributed by atoms with Crippen LogP contribution in [0.25, 0.3) is 0 Å². The normalized spacial score (nSPS) is 11.3. The van der Waals surface area contributed by atoms with Gasteiger partial charge in [0.1, 0.15) is 6.04 Å². The summed E-state index contributed by atoms with van der Waals surface area (Å²) >= 11 is 0. The molecule has 0 radical (unpaired) electrons. The van der Waals surface area contributed by atoms with Crippen LogP contribution in [0.15, 0.2) is 42.6 Å². The highest BCUT2D eigenvalue weighted by Gasteiger charge is 2.18. The van der Waals surface area contributed by atoms with Gasteiger partial charge < -0.3 is 24.8 Å². The van der Waals surface area contributed by atoms with E-state index in [2.05, 4.69) is 33.9 Å². The SMILES string of the molecule is CCc1ccc(C(C#N)NC(=O)c2cn(CCNc3ccc(OC)c(OC)c3OC)nn2)cc1. The highest BCUT2D eigenvalue weighted by atomic mass is 16.5. The zero-order valence-corrected chi connectivity index (χ0v) is 19.7. The minimum absolute atomic E-state index is 0.133. The molecule has 0 aliphatic carbocycles. The fourth-order valence-electron chi connectivity index (χ4n) is 3.40. The molecule has 1 atom stereocenters. The molecule has 1 amide bonds. The van der Waals surface area contributed by atoms with Gasteiger partial charge in [0.25, 0.3) is 5.91 Å². The van der Waals surface area contributed by atoms with E-state index >= 15 is 0 Å². The van der Waals surface area contributed by atoms with Gasteiger partial charge in [0.15, 0.2) is 17.2 Å². The molecule has 3 rings (SSSR count). The first-order chi connectivity index (χ1) is 16.5. The van der Waals surface area contributed by atoms with Crippen LogP contribution in [-0.4, -0.2) is 48.8 Å². The summed E-state index contributed by atoms with van der Waals surface area (Å²) in [7, 11) is 4.66. The van der Waals surface area contributed by atoms with Crippen LogP contribution in [0.3, 0.4) is 0 Å². The number of carbonyl (C=O) groups excluding carboxylic acids is 1. The molecule has 1 heterocycles. The summed E-state index contributed by atoms with van der Waals surface area (Å²) in [5.74, 6) is 1.11. The largest absolute Gasteiger partial charge is 0.493 e. The van der Waals surface area contributed by atoms with Gasteiger partial charge >= 0.3 is 0 Å². The standard InChI is InChI=1S/C24H28N6O4/c1-5-16-6-8-17(9-7-16)19(14-25)27-24(31)20-15-30(29-28-20)13-12-26-18-10-11-21(32-2)23(34-4)22(18)33-3/h6-11,15,19,26H,5,12-13H2,1-4H3,(H,27,31). The fourth-order valence-corrected chi connectivity index (χ4v) is 3.40. The van der Waals surface area contributed by atoms with Crippen molar-refractivity contribution >= 4 is 11.6 Å². The van der Waals surface area contributed by atoms with Gasteiger partial charge in [0, 0.05) is 6.54 Å². The van der Waals surface area contributed by atoms with E-state index in [1.807, 2.05) is 30.3 Å². The van der Waals surface area contributed by atoms with E-state index in [9.17, 15) is 10.1 Å². The molecule has 10 heteroatoms. The van der Waals surface area contributed by atoms with Gasteiger partial charge in [-0.15, -0.1) is 5.10 Å². The number of nitrogens with one attached hydrogen (secondary N) is 2. The third kappa shape index (κ3) is 5.56. The van der Waals surface area contributed by atoms with Gasteiger partial charge in [-0.2, -0.15) is 5.26 Å². The molecule has 3 aromatic rings. The number of amides is 1. The lowest BCUT2D eigenvalue weighted by molar-refractivity contribution is 0.0940. The summed E-state index contributed by atoms with van der Waals surface area (Å²) < 4.78 is 17.7. The molecule has 10 nitrogen and oxygen atoms in total. The number of carbonyl (C=O) groups is 1. The third-order valence-corrected chi connectivity index (χ3v) is 5.26. The summed E-state index contributed by atoms with van der Waals surface area (Å²) in [6.45, 7) is 2.99. The number of benzene rings is 2. The summed E-state index contributed by atoms with van der Waals surface area (Å²) in [4.78, 5) is 12.6. The van der Waals surface area contributed by atoms with Crippen LogP contribution in [0.2, 0.25) is 0 Å². The van der Waals surface area contributed by atoms with Gasteiger partial charge in [0.2, 0.25) is 5.75 Å². The van der Waals surface area contributed by atoms with E-state index in [1.165, 1.54) is 6.20 Å². The Labute approximate surface area is 198 Å². The van der Waals surface area contributed by atoms with Crippen LogP contribution in [0.5, 0.6) is 17.2 Å². The predicted octanol–water partition coefficient (Wildman–Crippen LogP) is 2.97. The summed E-state index contributed by atoms with van der Waals surface area (Å²) in [6, 6.07) is 12.5. The number of aryl methyl sites for hydroxylation is 1. The maximum atomic E-state index is 12.6. The molecule has 34 heavy (non-hydrogen) atoms. The first-order valence-corrected chi connectivity index (χ1v) is 10.8. The molecule has 0 fully saturated rings. The highest BCUT2D eigenvalue weighted by Crippen LogP contribution is 2.42. The van der Waals surface area contributed by atoms with Crippen molar-refractivity contribution in [2.24, 2.45) is 0 Å². The summed E-state index contributed by atoms with van der Waals surface area (Å²) in [5, 5.41) is 23.4. The van der Waals surface area contributed by atoms with Gasteiger partial charge in [-0.1, -0.05) is 36.4 Å². The number of hydrogen-bond donors (Lipinski definition) is 2. The molecule has 0 bridgehead atoms. The van der Waals surface area contributed by atoms with E-state index in [0.717, 1.165) is 17.7 Å². The highest BCUT2D eigenvalue weighted by molar-refractivity contribution is 5.92. The Morgan fingerprint density at radius 2 is 1.82 bits per heavy atom. The molecule has 1 unspecified atom stereocenters. The van der Waals surface area contributed by atoms with Crippen molar-refractivity contribution in [2.75, 3.05) is 33.2 Å². The molecular formula is C24H28N6O4. The smallest absolute Gasteiger partial charge is 0.274 e. The first kappa shape index (κ1) is 24.4. The zero-order chi connectivity index (χ0) is 24.5. The molecule has 0 saturated heterocycles. The Balaban J connectivity index is 1.60. The van der Waals surface area contributed by atoms with E-state index in [1.54, 1.807) is 32.1 Å². The number of rotatable bonds is 11. The Morgan fingerprint density at radius 1 is 1.09 bits per heavy atom. The van der Waals surface area contributed by atoms with Gasteiger partial charge in [-0.25, -0.2) is 4.68 Å². The maximum Gasteiger partial charge on any atom is 0.274 e. The molecule has 2 aromatic carbocycles. The van der Waals surface area contributed by atoms with Crippen LogP contribution >= 0.6 is 0 Å². The number of anilines is 1. The number of ether oxygens (including phenoxy) is 3. The second-order valence-corrected chi connectivity index (χ2v) is 7.31. The molecule has 0 saturated carbocycles. The lowest BCUT2D eigenvalue weighted by Crippen LogP contribution is -2.28. The van der Waals surface area contributed by atoms with E-state index in [4.69, 9.17) is 14.2 Å². The van der Waals surface area contributed by atoms with Gasteiger partial charge in [0.05, 0.1) is 45.8 Å². The minimum Gasteiger partial charge on any atom is -0.493 e. The van der Waals surface area contributed by atoms with Crippen LogP contribution in [-0.2, 0) is 13.0 Å². The summed E-state index contributed by atoms with van der Waals surface area (Å²) in [5.41, 5.74) is 2.74. The molecule has 0 aliphatic rings. The topological polar surface area (TPSA) is 123 Å². The minimum atomic E-state index is -0.775. The fraction of sp³-hybridized carbons (Fsp3) is 0.333. The summed E-state index contributed by atoms with van der Waals surface area (Å²) in [6.07, 6.45) is 2.44. The monoisotopic (exact) mass is 464 g/mol. The molecule has 0 aliphatic heterocycles. The maximum absolute atomic E-state index is 12.6. The molecule has 2 N–H and O–H groups in total. The first-order valence-electron chi connectivity index (χ1n) is 10.8. The number of nitriles is 1. The van der Waals surface area contributed by atoms with Crippen molar-refractivity contribution < 1.29 is 19.0 Å². The van der Waals surface area contributed by atoms with Crippen molar-refractivity contribution in [3.05, 3.63) is 59.4 Å². The lowest BCUT2D eigenvalue weighted by Gasteiger charge is -2.16. The van der Waals surface area contributed by atoms with Crippen molar-refractivity contribution in [1.82, 2.24) is 20.3 Å². The van der Waals surface area contributed by atoms with E-state index in [0.29, 0.717) is 35.9 Å². The molecule has 0 spiro atoms.